The summed E-state index contributed by atoms with van der Waals surface area (Å²) in [6.07, 6.45) is 6.76. The molecule has 0 bridgehead atoms. The van der Waals surface area contributed by atoms with Crippen LogP contribution < -0.4 is 0 Å². The Morgan fingerprint density at radius 3 is 3.05 bits per heavy atom. The maximum atomic E-state index is 12.1. The average molecular weight is 307 g/mol. The summed E-state index contributed by atoms with van der Waals surface area (Å²) in [5.41, 5.74) is 0.836. The molecule has 21 heavy (non-hydrogen) atoms. The maximum Gasteiger partial charge on any atom is 0.213 e. The van der Waals surface area contributed by atoms with Gasteiger partial charge in [-0.3, -0.25) is 0 Å². The summed E-state index contributed by atoms with van der Waals surface area (Å²) in [5, 5.41) is 0.871. The second-order valence-corrected chi connectivity index (χ2v) is 7.66. The fraction of sp³-hybridized carbons (Fsp3) is 0.571. The first-order chi connectivity index (χ1) is 10.0. The normalized spacial score (nSPS) is 21.0. The summed E-state index contributed by atoms with van der Waals surface area (Å²) in [7, 11) is -3.13. The lowest BCUT2D eigenvalue weighted by atomic mass is 10.1. The van der Waals surface area contributed by atoms with Gasteiger partial charge in [-0.25, -0.2) is 18.4 Å². The van der Waals surface area contributed by atoms with E-state index >= 15 is 0 Å². The van der Waals surface area contributed by atoms with Crippen molar-refractivity contribution >= 4 is 21.1 Å². The second-order valence-electron chi connectivity index (χ2n) is 5.40. The number of piperidine rings is 1. The first-order valence-corrected chi connectivity index (χ1v) is 8.83. The zero-order valence-corrected chi connectivity index (χ0v) is 13.1. The first kappa shape index (κ1) is 14.5. The third-order valence-electron chi connectivity index (χ3n) is 4.00. The largest absolute Gasteiger partial charge is 0.328 e. The van der Waals surface area contributed by atoms with Crippen LogP contribution in [0, 0.1) is 13.1 Å². The Morgan fingerprint density at radius 1 is 1.48 bits per heavy atom. The van der Waals surface area contributed by atoms with Gasteiger partial charge < -0.3 is 4.57 Å². The predicted molar refractivity (Wildman–Crippen MR) is 80.4 cm³/mol. The van der Waals surface area contributed by atoms with Crippen LogP contribution >= 0.6 is 0 Å². The van der Waals surface area contributed by atoms with Crippen LogP contribution in [0.5, 0.6) is 0 Å². The van der Waals surface area contributed by atoms with Crippen LogP contribution in [0.4, 0.5) is 0 Å². The Hall–Kier alpha value is -1.47. The monoisotopic (exact) mass is 307 g/mol. The molecule has 3 rings (SSSR count). The van der Waals surface area contributed by atoms with E-state index in [2.05, 4.69) is 20.7 Å². The highest BCUT2D eigenvalue weighted by atomic mass is 32.2. The highest BCUT2D eigenvalue weighted by Gasteiger charge is 2.29. The number of aromatic nitrogens is 3. The number of hydrogen-bond donors (Lipinski definition) is 0. The van der Waals surface area contributed by atoms with Crippen molar-refractivity contribution in [1.82, 2.24) is 18.8 Å². The topological polar surface area (TPSA) is 68.1 Å². The molecule has 0 spiro atoms. The molecule has 0 aromatic carbocycles. The van der Waals surface area contributed by atoms with E-state index in [4.69, 9.17) is 0 Å². The molecule has 0 saturated carbocycles. The van der Waals surface area contributed by atoms with Crippen molar-refractivity contribution in [3.63, 3.8) is 0 Å². The summed E-state index contributed by atoms with van der Waals surface area (Å²) in [6, 6.07) is 2.06. The minimum absolute atomic E-state index is 0.125. The van der Waals surface area contributed by atoms with E-state index in [0.29, 0.717) is 18.9 Å². The molecule has 1 atom stereocenters. The number of nitrogens with zero attached hydrogens (tertiary/aromatic N) is 4. The SMILES string of the molecule is CCS(=O)(=O)N1CCCC(n2ccc3[c]nc(C)nc32)C1. The van der Waals surface area contributed by atoms with Crippen LogP contribution in [0.25, 0.3) is 11.0 Å². The van der Waals surface area contributed by atoms with Gasteiger partial charge in [-0.05, 0) is 32.8 Å². The summed E-state index contributed by atoms with van der Waals surface area (Å²) >= 11 is 0. The van der Waals surface area contributed by atoms with Crippen molar-refractivity contribution in [3.8, 4) is 0 Å². The van der Waals surface area contributed by atoms with Crippen LogP contribution in [0.1, 0.15) is 31.6 Å². The van der Waals surface area contributed by atoms with Gasteiger partial charge in [0.25, 0.3) is 0 Å². The van der Waals surface area contributed by atoms with Gasteiger partial charge >= 0.3 is 0 Å². The molecule has 1 aliphatic rings. The summed E-state index contributed by atoms with van der Waals surface area (Å²) in [6.45, 7) is 4.66. The molecule has 2 aromatic heterocycles. The molecule has 1 unspecified atom stereocenters. The molecular weight excluding hydrogens is 288 g/mol. The highest BCUT2D eigenvalue weighted by molar-refractivity contribution is 7.89. The first-order valence-electron chi connectivity index (χ1n) is 7.22. The Bertz CT molecular complexity index is 753. The zero-order chi connectivity index (χ0) is 15.0. The van der Waals surface area contributed by atoms with Crippen molar-refractivity contribution in [2.75, 3.05) is 18.8 Å². The van der Waals surface area contributed by atoms with Gasteiger partial charge in [-0.15, -0.1) is 0 Å². The zero-order valence-electron chi connectivity index (χ0n) is 12.3. The van der Waals surface area contributed by atoms with Crippen molar-refractivity contribution in [1.29, 1.82) is 0 Å². The number of sulfonamides is 1. The predicted octanol–water partition coefficient (Wildman–Crippen LogP) is 1.53. The van der Waals surface area contributed by atoms with Gasteiger partial charge in [0.15, 0.2) is 0 Å². The molecule has 7 heteroatoms. The van der Waals surface area contributed by atoms with E-state index in [0.717, 1.165) is 23.9 Å². The number of hydrogen-bond acceptors (Lipinski definition) is 4. The van der Waals surface area contributed by atoms with Crippen LogP contribution in [0.2, 0.25) is 0 Å². The maximum absolute atomic E-state index is 12.1. The van der Waals surface area contributed by atoms with Crippen LogP contribution in [-0.2, 0) is 10.0 Å². The molecule has 6 nitrogen and oxygen atoms in total. The molecule has 1 radical (unpaired) electrons. The van der Waals surface area contributed by atoms with Gasteiger partial charge in [0, 0.05) is 30.7 Å². The highest BCUT2D eigenvalue weighted by Crippen LogP contribution is 2.27. The van der Waals surface area contributed by atoms with Crippen molar-refractivity contribution in [2.45, 2.75) is 32.7 Å². The van der Waals surface area contributed by atoms with Crippen molar-refractivity contribution in [2.24, 2.45) is 0 Å². The molecule has 113 valence electrons. The van der Waals surface area contributed by atoms with E-state index in [1.165, 1.54) is 0 Å². The number of aryl methyl sites for hydroxylation is 1. The van der Waals surface area contributed by atoms with Gasteiger partial charge in [-0.2, -0.15) is 4.31 Å². The number of rotatable bonds is 3. The lowest BCUT2D eigenvalue weighted by Crippen LogP contribution is -2.41. The van der Waals surface area contributed by atoms with Gasteiger partial charge in [0.2, 0.25) is 10.0 Å². The molecular formula is C14H19N4O2S. The molecule has 0 amide bonds. The van der Waals surface area contributed by atoms with Crippen LogP contribution in [0.15, 0.2) is 12.3 Å². The Balaban J connectivity index is 1.93. The molecule has 1 saturated heterocycles. The average Bonchev–Trinajstić information content (AvgIpc) is 2.90. The standard InChI is InChI=1S/C14H19N4O2S/c1-3-21(19,20)17-7-4-5-13(10-17)18-8-6-12-9-15-11(2)16-14(12)18/h6,8,13H,3-5,7,10H2,1-2H3. The minimum atomic E-state index is -3.13. The van der Waals surface area contributed by atoms with Crippen LogP contribution in [-0.4, -0.2) is 46.1 Å². The summed E-state index contributed by atoms with van der Waals surface area (Å²) in [5.74, 6) is 0.831. The molecule has 1 fully saturated rings. The summed E-state index contributed by atoms with van der Waals surface area (Å²) < 4.78 is 27.8. The van der Waals surface area contributed by atoms with E-state index < -0.39 is 10.0 Å². The Morgan fingerprint density at radius 2 is 2.29 bits per heavy atom. The lowest BCUT2D eigenvalue weighted by molar-refractivity contribution is 0.270. The lowest BCUT2D eigenvalue weighted by Gasteiger charge is -2.32. The quantitative estimate of drug-likeness (QED) is 0.862. The van der Waals surface area contributed by atoms with Gasteiger partial charge in [-0.1, -0.05) is 0 Å². The van der Waals surface area contributed by atoms with E-state index in [-0.39, 0.29) is 11.8 Å². The minimum Gasteiger partial charge on any atom is -0.328 e. The molecule has 2 aromatic rings. The van der Waals surface area contributed by atoms with Crippen molar-refractivity contribution < 1.29 is 8.42 Å². The third-order valence-corrected chi connectivity index (χ3v) is 5.85. The fourth-order valence-corrected chi connectivity index (χ4v) is 4.01. The van der Waals surface area contributed by atoms with Crippen molar-refractivity contribution in [3.05, 3.63) is 24.3 Å². The van der Waals surface area contributed by atoms with Crippen LogP contribution in [0.3, 0.4) is 0 Å². The molecule has 1 aliphatic heterocycles. The number of fused-ring (bicyclic) bond motifs is 1. The molecule has 3 heterocycles. The molecule has 0 N–H and O–H groups in total. The van der Waals surface area contributed by atoms with Gasteiger partial charge in [0.1, 0.15) is 17.7 Å². The van der Waals surface area contributed by atoms with Gasteiger partial charge in [0.05, 0.1) is 5.75 Å². The fourth-order valence-electron chi connectivity index (χ4n) is 2.84. The molecule has 0 aliphatic carbocycles. The summed E-state index contributed by atoms with van der Waals surface area (Å²) in [4.78, 5) is 8.55. The Labute approximate surface area is 124 Å². The van der Waals surface area contributed by atoms with E-state index in [9.17, 15) is 8.42 Å². The third kappa shape index (κ3) is 2.67. The Kier molecular flexibility index (Phi) is 3.71. The van der Waals surface area contributed by atoms with E-state index in [1.54, 1.807) is 11.2 Å². The van der Waals surface area contributed by atoms with E-state index in [1.807, 2.05) is 19.2 Å². The smallest absolute Gasteiger partial charge is 0.213 e. The second kappa shape index (κ2) is 5.38.